The summed E-state index contributed by atoms with van der Waals surface area (Å²) in [6.07, 6.45) is 6.90. The van der Waals surface area contributed by atoms with Gasteiger partial charge in [-0.3, -0.25) is 4.21 Å². The Labute approximate surface area is 129 Å². The molecule has 0 spiro atoms. The Hall–Kier alpha value is -0.620. The lowest BCUT2D eigenvalue weighted by Crippen LogP contribution is -2.49. The van der Waals surface area contributed by atoms with Crippen LogP contribution in [0.4, 0.5) is 4.79 Å². The van der Waals surface area contributed by atoms with Crippen LogP contribution in [-0.2, 0) is 10.8 Å². The zero-order valence-electron chi connectivity index (χ0n) is 12.8. The third-order valence-electron chi connectivity index (χ3n) is 4.65. The van der Waals surface area contributed by atoms with E-state index in [9.17, 15) is 14.1 Å². The molecule has 3 atom stereocenters. The molecule has 2 rings (SSSR count). The molecule has 21 heavy (non-hydrogen) atoms. The van der Waals surface area contributed by atoms with E-state index >= 15 is 0 Å². The lowest BCUT2D eigenvalue weighted by atomic mass is 9.93. The zero-order valence-corrected chi connectivity index (χ0v) is 13.7. The molecule has 6 heteroatoms. The molecule has 2 aliphatic rings. The molecule has 122 valence electrons. The summed E-state index contributed by atoms with van der Waals surface area (Å²) in [5, 5.41) is 15.8. The van der Waals surface area contributed by atoms with Crippen molar-refractivity contribution in [3.8, 4) is 0 Å². The van der Waals surface area contributed by atoms with E-state index < -0.39 is 10.8 Å². The number of nitrogens with one attached hydrogen (secondary N) is 2. The van der Waals surface area contributed by atoms with E-state index in [-0.39, 0.29) is 29.5 Å². The maximum atomic E-state index is 12.0. The average molecular weight is 316 g/mol. The van der Waals surface area contributed by atoms with Gasteiger partial charge >= 0.3 is 6.03 Å². The first-order valence-corrected chi connectivity index (χ1v) is 9.59. The summed E-state index contributed by atoms with van der Waals surface area (Å²) < 4.78 is 11.9. The molecule has 2 aliphatic carbocycles. The highest BCUT2D eigenvalue weighted by Gasteiger charge is 2.27. The molecule has 2 saturated carbocycles. The highest BCUT2D eigenvalue weighted by atomic mass is 32.2. The van der Waals surface area contributed by atoms with Gasteiger partial charge in [0.2, 0.25) is 0 Å². The van der Waals surface area contributed by atoms with Gasteiger partial charge in [-0.05, 0) is 44.9 Å². The van der Waals surface area contributed by atoms with E-state index in [2.05, 4.69) is 10.6 Å². The molecular weight excluding hydrogens is 288 g/mol. The smallest absolute Gasteiger partial charge is 0.315 e. The van der Waals surface area contributed by atoms with E-state index in [1.165, 1.54) is 0 Å². The number of rotatable bonds is 4. The minimum Gasteiger partial charge on any atom is -0.393 e. The van der Waals surface area contributed by atoms with Gasteiger partial charge in [0.05, 0.1) is 6.10 Å². The molecule has 2 fully saturated rings. The molecule has 2 amide bonds. The van der Waals surface area contributed by atoms with Crippen molar-refractivity contribution < 1.29 is 14.1 Å². The van der Waals surface area contributed by atoms with Gasteiger partial charge in [0.15, 0.2) is 0 Å². The van der Waals surface area contributed by atoms with E-state index in [1.54, 1.807) is 0 Å². The maximum absolute atomic E-state index is 12.0. The van der Waals surface area contributed by atoms with Crippen LogP contribution in [0.1, 0.15) is 58.3 Å². The second kappa shape index (κ2) is 8.13. The van der Waals surface area contributed by atoms with Crippen LogP contribution in [0, 0.1) is 0 Å². The minimum absolute atomic E-state index is 0.107. The fourth-order valence-corrected chi connectivity index (χ4v) is 4.73. The predicted molar refractivity (Wildman–Crippen MR) is 84.7 cm³/mol. The highest BCUT2D eigenvalue weighted by molar-refractivity contribution is 7.85. The maximum Gasteiger partial charge on any atom is 0.315 e. The van der Waals surface area contributed by atoms with E-state index in [1.807, 2.05) is 6.92 Å². The standard InChI is InChI=1S/C15H28N2O3S/c1-2-21(20)14-5-3-4-12(10-14)17-15(19)16-11-6-8-13(18)9-7-11/h11-14,18H,2-10H2,1H3,(H2,16,17,19). The van der Waals surface area contributed by atoms with Gasteiger partial charge < -0.3 is 15.7 Å². The van der Waals surface area contributed by atoms with Crippen LogP contribution in [0.2, 0.25) is 0 Å². The lowest BCUT2D eigenvalue weighted by molar-refractivity contribution is 0.117. The van der Waals surface area contributed by atoms with Crippen molar-refractivity contribution in [1.82, 2.24) is 10.6 Å². The van der Waals surface area contributed by atoms with Gasteiger partial charge in [-0.1, -0.05) is 13.3 Å². The van der Waals surface area contributed by atoms with Gasteiger partial charge in [0.25, 0.3) is 0 Å². The van der Waals surface area contributed by atoms with E-state index in [4.69, 9.17) is 0 Å². The van der Waals surface area contributed by atoms with Crippen LogP contribution >= 0.6 is 0 Å². The number of hydrogen-bond donors (Lipinski definition) is 3. The number of carbonyl (C=O) groups excluding carboxylic acids is 1. The first-order chi connectivity index (χ1) is 10.1. The lowest BCUT2D eigenvalue weighted by Gasteiger charge is -2.31. The molecular formula is C15H28N2O3S. The first-order valence-electron chi connectivity index (χ1n) is 8.20. The number of aliphatic hydroxyl groups excluding tert-OH is 1. The van der Waals surface area contributed by atoms with Crippen LogP contribution in [-0.4, -0.2) is 44.5 Å². The fraction of sp³-hybridized carbons (Fsp3) is 0.933. The van der Waals surface area contributed by atoms with E-state index in [0.717, 1.165) is 51.4 Å². The number of urea groups is 1. The summed E-state index contributed by atoms with van der Waals surface area (Å²) in [5.74, 6) is 0.702. The molecule has 5 nitrogen and oxygen atoms in total. The van der Waals surface area contributed by atoms with Crippen molar-refractivity contribution in [2.24, 2.45) is 0 Å². The van der Waals surface area contributed by atoms with Crippen molar-refractivity contribution in [3.63, 3.8) is 0 Å². The first kappa shape index (κ1) is 16.7. The predicted octanol–water partition coefficient (Wildman–Crippen LogP) is 1.67. The Kier molecular flexibility index (Phi) is 6.48. The summed E-state index contributed by atoms with van der Waals surface area (Å²) in [5.41, 5.74) is 0. The Balaban J connectivity index is 1.73. The summed E-state index contributed by atoms with van der Waals surface area (Å²) in [4.78, 5) is 12.0. The SMILES string of the molecule is CCS(=O)C1CCCC(NC(=O)NC2CCC(O)CC2)C1. The Morgan fingerprint density at radius 2 is 1.76 bits per heavy atom. The third-order valence-corrected chi connectivity index (χ3v) is 6.39. The molecule has 0 aromatic rings. The molecule has 0 aromatic heterocycles. The monoisotopic (exact) mass is 316 g/mol. The summed E-state index contributed by atoms with van der Waals surface area (Å²) >= 11 is 0. The molecule has 3 unspecified atom stereocenters. The second-order valence-electron chi connectivity index (χ2n) is 6.28. The van der Waals surface area contributed by atoms with Gasteiger partial charge in [-0.15, -0.1) is 0 Å². The van der Waals surface area contributed by atoms with Crippen molar-refractivity contribution in [2.45, 2.75) is 81.7 Å². The van der Waals surface area contributed by atoms with Crippen LogP contribution in [0.5, 0.6) is 0 Å². The molecule has 0 heterocycles. The van der Waals surface area contributed by atoms with Gasteiger partial charge in [0, 0.05) is 33.9 Å². The minimum atomic E-state index is -0.759. The van der Waals surface area contributed by atoms with Crippen molar-refractivity contribution in [3.05, 3.63) is 0 Å². The molecule has 0 bridgehead atoms. The highest BCUT2D eigenvalue weighted by Crippen LogP contribution is 2.23. The molecule has 3 N–H and O–H groups in total. The molecule has 0 aromatic carbocycles. The summed E-state index contributed by atoms with van der Waals surface area (Å²) in [7, 11) is -0.759. The van der Waals surface area contributed by atoms with Gasteiger partial charge in [-0.25, -0.2) is 4.79 Å². The zero-order chi connectivity index (χ0) is 15.2. The van der Waals surface area contributed by atoms with Gasteiger partial charge in [0.1, 0.15) is 0 Å². The number of carbonyl (C=O) groups is 1. The number of aliphatic hydroxyl groups is 1. The van der Waals surface area contributed by atoms with Crippen molar-refractivity contribution in [1.29, 1.82) is 0 Å². The average Bonchev–Trinajstić information content (AvgIpc) is 2.49. The van der Waals surface area contributed by atoms with Crippen molar-refractivity contribution in [2.75, 3.05) is 5.75 Å². The van der Waals surface area contributed by atoms with Gasteiger partial charge in [-0.2, -0.15) is 0 Å². The topological polar surface area (TPSA) is 78.4 Å². The van der Waals surface area contributed by atoms with Crippen LogP contribution < -0.4 is 10.6 Å². The Morgan fingerprint density at radius 3 is 2.43 bits per heavy atom. The normalized spacial score (nSPS) is 35.0. The Bertz CT molecular complexity index is 370. The third kappa shape index (κ3) is 5.25. The van der Waals surface area contributed by atoms with Crippen LogP contribution in [0.15, 0.2) is 0 Å². The van der Waals surface area contributed by atoms with Crippen LogP contribution in [0.25, 0.3) is 0 Å². The Morgan fingerprint density at radius 1 is 1.10 bits per heavy atom. The molecule has 0 saturated heterocycles. The second-order valence-corrected chi connectivity index (χ2v) is 8.28. The molecule has 0 aliphatic heterocycles. The fourth-order valence-electron chi connectivity index (χ4n) is 3.38. The number of hydrogen-bond acceptors (Lipinski definition) is 3. The van der Waals surface area contributed by atoms with Crippen LogP contribution in [0.3, 0.4) is 0 Å². The summed E-state index contributed by atoms with van der Waals surface area (Å²) in [6, 6.07) is 0.218. The number of amides is 2. The van der Waals surface area contributed by atoms with E-state index in [0.29, 0.717) is 5.75 Å². The quantitative estimate of drug-likeness (QED) is 0.738. The molecule has 0 radical (unpaired) electrons. The van der Waals surface area contributed by atoms with Crippen molar-refractivity contribution >= 4 is 16.8 Å². The summed E-state index contributed by atoms with van der Waals surface area (Å²) in [6.45, 7) is 1.96. The largest absolute Gasteiger partial charge is 0.393 e.